The highest BCUT2D eigenvalue weighted by Crippen LogP contribution is 2.29. The molecule has 0 atom stereocenters. The van der Waals surface area contributed by atoms with Gasteiger partial charge in [-0.15, -0.1) is 10.2 Å². The lowest BCUT2D eigenvalue weighted by molar-refractivity contribution is -0.117. The summed E-state index contributed by atoms with van der Waals surface area (Å²) in [5, 5.41) is 15.3. The van der Waals surface area contributed by atoms with Crippen LogP contribution in [0.1, 0.15) is 24.2 Å². The molecular weight excluding hydrogens is 417 g/mol. The van der Waals surface area contributed by atoms with Crippen LogP contribution < -0.4 is 5.32 Å². The van der Waals surface area contributed by atoms with E-state index < -0.39 is 11.9 Å². The van der Waals surface area contributed by atoms with Gasteiger partial charge in [0.1, 0.15) is 6.54 Å². The summed E-state index contributed by atoms with van der Waals surface area (Å²) in [5.41, 5.74) is 1.26. The molecule has 3 aromatic rings. The van der Waals surface area contributed by atoms with Crippen LogP contribution in [0.3, 0.4) is 0 Å². The number of aromatic nitrogens is 4. The van der Waals surface area contributed by atoms with Gasteiger partial charge in [0, 0.05) is 5.56 Å². The summed E-state index contributed by atoms with van der Waals surface area (Å²) in [4.78, 5) is 25.5. The average molecular weight is 434 g/mol. The third kappa shape index (κ3) is 5.30. The highest BCUT2D eigenvalue weighted by molar-refractivity contribution is 6.39. The van der Waals surface area contributed by atoms with E-state index >= 15 is 0 Å². The van der Waals surface area contributed by atoms with Crippen molar-refractivity contribution in [2.45, 2.75) is 26.5 Å². The Hall–Kier alpha value is -2.97. The minimum absolute atomic E-state index is 0.191. The number of amides is 1. The SMILES string of the molecule is CC(C)OC(=O)c1cccc(-c2nnn(CC(=O)Nc3c(Cl)cccc3Cl)n2)c1. The molecule has 8 nitrogen and oxygen atoms in total. The van der Waals surface area contributed by atoms with Gasteiger partial charge < -0.3 is 10.1 Å². The molecule has 3 rings (SSSR count). The highest BCUT2D eigenvalue weighted by atomic mass is 35.5. The molecule has 1 N–H and O–H groups in total. The Bertz CT molecular complexity index is 1030. The van der Waals surface area contributed by atoms with Crippen LogP contribution in [0.4, 0.5) is 5.69 Å². The van der Waals surface area contributed by atoms with Crippen molar-refractivity contribution in [1.29, 1.82) is 0 Å². The van der Waals surface area contributed by atoms with Gasteiger partial charge in [0.25, 0.3) is 0 Å². The highest BCUT2D eigenvalue weighted by Gasteiger charge is 2.15. The maximum atomic E-state index is 12.3. The second kappa shape index (κ2) is 9.02. The Morgan fingerprint density at radius 3 is 2.52 bits per heavy atom. The smallest absolute Gasteiger partial charge is 0.338 e. The monoisotopic (exact) mass is 433 g/mol. The van der Waals surface area contributed by atoms with Crippen LogP contribution in [-0.4, -0.2) is 38.2 Å². The molecule has 0 unspecified atom stereocenters. The molecule has 0 bridgehead atoms. The normalized spacial score (nSPS) is 10.8. The van der Waals surface area contributed by atoms with Gasteiger partial charge in [-0.2, -0.15) is 4.80 Å². The molecule has 2 aromatic carbocycles. The van der Waals surface area contributed by atoms with Gasteiger partial charge in [-0.25, -0.2) is 4.79 Å². The number of hydrogen-bond donors (Lipinski definition) is 1. The molecule has 0 saturated heterocycles. The minimum atomic E-state index is -0.440. The maximum Gasteiger partial charge on any atom is 0.338 e. The summed E-state index contributed by atoms with van der Waals surface area (Å²) in [5.74, 6) is -0.587. The third-order valence-electron chi connectivity index (χ3n) is 3.66. The number of nitrogens with one attached hydrogen (secondary N) is 1. The number of carbonyl (C=O) groups is 2. The van der Waals surface area contributed by atoms with Crippen molar-refractivity contribution >= 4 is 40.8 Å². The van der Waals surface area contributed by atoms with E-state index in [1.165, 1.54) is 0 Å². The largest absolute Gasteiger partial charge is 0.459 e. The lowest BCUT2D eigenvalue weighted by Crippen LogP contribution is -2.20. The van der Waals surface area contributed by atoms with Gasteiger partial charge >= 0.3 is 5.97 Å². The van der Waals surface area contributed by atoms with Crippen molar-refractivity contribution in [2.75, 3.05) is 5.32 Å². The number of anilines is 1. The quantitative estimate of drug-likeness (QED) is 0.592. The molecule has 1 aromatic heterocycles. The van der Waals surface area contributed by atoms with Crippen molar-refractivity contribution in [2.24, 2.45) is 0 Å². The second-order valence-corrected chi connectivity index (χ2v) is 7.14. The van der Waals surface area contributed by atoms with E-state index in [0.717, 1.165) is 4.80 Å². The Morgan fingerprint density at radius 2 is 1.83 bits per heavy atom. The van der Waals surface area contributed by atoms with Crippen LogP contribution >= 0.6 is 23.2 Å². The summed E-state index contributed by atoms with van der Waals surface area (Å²) < 4.78 is 5.19. The lowest BCUT2D eigenvalue weighted by Gasteiger charge is -2.08. The topological polar surface area (TPSA) is 99.0 Å². The first-order valence-electron chi connectivity index (χ1n) is 8.66. The summed E-state index contributed by atoms with van der Waals surface area (Å²) in [7, 11) is 0. The number of hydrogen-bond acceptors (Lipinski definition) is 6. The predicted molar refractivity (Wildman–Crippen MR) is 109 cm³/mol. The fraction of sp³-hybridized carbons (Fsp3) is 0.211. The van der Waals surface area contributed by atoms with Gasteiger partial charge in [0.05, 0.1) is 27.4 Å². The number of tetrazole rings is 1. The molecular formula is C19H17Cl2N5O3. The van der Waals surface area contributed by atoms with Gasteiger partial charge in [-0.05, 0) is 43.3 Å². The number of rotatable bonds is 6. The van der Waals surface area contributed by atoms with Gasteiger partial charge in [0.15, 0.2) is 0 Å². The zero-order chi connectivity index (χ0) is 21.0. The van der Waals surface area contributed by atoms with E-state index in [4.69, 9.17) is 27.9 Å². The van der Waals surface area contributed by atoms with E-state index in [9.17, 15) is 9.59 Å². The maximum absolute atomic E-state index is 12.3. The Kier molecular flexibility index (Phi) is 6.46. The zero-order valence-corrected chi connectivity index (χ0v) is 17.1. The number of benzene rings is 2. The molecule has 0 aliphatic carbocycles. The van der Waals surface area contributed by atoms with Gasteiger partial charge in [-0.3, -0.25) is 4.79 Å². The summed E-state index contributed by atoms with van der Waals surface area (Å²) in [6.45, 7) is 3.36. The number of carbonyl (C=O) groups excluding carboxylic acids is 2. The number of halogens is 2. The third-order valence-corrected chi connectivity index (χ3v) is 4.29. The van der Waals surface area contributed by atoms with Crippen molar-refractivity contribution in [3.63, 3.8) is 0 Å². The average Bonchev–Trinajstić information content (AvgIpc) is 3.13. The summed E-state index contributed by atoms with van der Waals surface area (Å²) in [6.07, 6.45) is -0.227. The Balaban J connectivity index is 1.71. The van der Waals surface area contributed by atoms with Crippen LogP contribution in [0.25, 0.3) is 11.4 Å². The number of ether oxygens (including phenoxy) is 1. The molecule has 150 valence electrons. The van der Waals surface area contributed by atoms with E-state index in [2.05, 4.69) is 20.7 Å². The molecule has 0 fully saturated rings. The Labute approximate surface area is 176 Å². The van der Waals surface area contributed by atoms with Gasteiger partial charge in [-0.1, -0.05) is 41.4 Å². The van der Waals surface area contributed by atoms with Crippen LogP contribution in [0.15, 0.2) is 42.5 Å². The standard InChI is InChI=1S/C19H17Cl2N5O3/c1-11(2)29-19(28)13-6-3-5-12(9-13)18-23-25-26(24-18)10-16(27)22-17-14(20)7-4-8-15(17)21/h3-9,11H,10H2,1-2H3,(H,22,27). The molecule has 1 heterocycles. The van der Waals surface area contributed by atoms with E-state index in [0.29, 0.717) is 26.9 Å². The molecule has 0 radical (unpaired) electrons. The van der Waals surface area contributed by atoms with Crippen LogP contribution in [0.2, 0.25) is 10.0 Å². The molecule has 1 amide bonds. The van der Waals surface area contributed by atoms with Crippen molar-refractivity contribution < 1.29 is 14.3 Å². The van der Waals surface area contributed by atoms with Crippen LogP contribution in [0, 0.1) is 0 Å². The van der Waals surface area contributed by atoms with E-state index in [1.54, 1.807) is 56.3 Å². The molecule has 10 heteroatoms. The van der Waals surface area contributed by atoms with Crippen molar-refractivity contribution in [3.05, 3.63) is 58.1 Å². The zero-order valence-electron chi connectivity index (χ0n) is 15.6. The molecule has 29 heavy (non-hydrogen) atoms. The minimum Gasteiger partial charge on any atom is -0.459 e. The number of esters is 1. The fourth-order valence-corrected chi connectivity index (χ4v) is 2.91. The predicted octanol–water partition coefficient (Wildman–Crippen LogP) is 3.85. The van der Waals surface area contributed by atoms with Crippen LogP contribution in [-0.2, 0) is 16.1 Å². The number of para-hydroxylation sites is 1. The summed E-state index contributed by atoms with van der Waals surface area (Å²) in [6, 6.07) is 11.6. The van der Waals surface area contributed by atoms with Gasteiger partial charge in [0.2, 0.25) is 11.7 Å². The van der Waals surface area contributed by atoms with Crippen molar-refractivity contribution in [3.8, 4) is 11.4 Å². The van der Waals surface area contributed by atoms with E-state index in [1.807, 2.05) is 0 Å². The Morgan fingerprint density at radius 1 is 1.14 bits per heavy atom. The molecule has 0 aliphatic heterocycles. The molecule has 0 aliphatic rings. The first kappa shape index (κ1) is 20.8. The van der Waals surface area contributed by atoms with Crippen molar-refractivity contribution in [1.82, 2.24) is 20.2 Å². The molecule has 0 saturated carbocycles. The molecule has 0 spiro atoms. The fourth-order valence-electron chi connectivity index (χ4n) is 2.42. The first-order chi connectivity index (χ1) is 13.8. The van der Waals surface area contributed by atoms with Crippen LogP contribution in [0.5, 0.6) is 0 Å². The number of nitrogens with zero attached hydrogens (tertiary/aromatic N) is 4. The van der Waals surface area contributed by atoms with E-state index in [-0.39, 0.29) is 18.5 Å². The first-order valence-corrected chi connectivity index (χ1v) is 9.42. The lowest BCUT2D eigenvalue weighted by atomic mass is 10.1. The summed E-state index contributed by atoms with van der Waals surface area (Å²) >= 11 is 12.1. The second-order valence-electron chi connectivity index (χ2n) is 6.32.